The van der Waals surface area contributed by atoms with Crippen molar-refractivity contribution >= 4 is 5.91 Å². The molecule has 0 saturated carbocycles. The summed E-state index contributed by atoms with van der Waals surface area (Å²) >= 11 is 0. The molecule has 1 amide bonds. The van der Waals surface area contributed by atoms with Crippen LogP contribution >= 0.6 is 0 Å². The standard InChI is InChI=1S/C16H33N3O/c1-5-14-8-6-7-10-19(14)16(20)12-18(4)11-9-15(17)13(2)3/h13-15H,5-12,17H2,1-4H3. The lowest BCUT2D eigenvalue weighted by molar-refractivity contribution is -0.135. The van der Waals surface area contributed by atoms with E-state index in [1.807, 2.05) is 7.05 Å². The molecule has 1 fully saturated rings. The second-order valence-electron chi connectivity index (χ2n) is 6.58. The van der Waals surface area contributed by atoms with Crippen LogP contribution in [0, 0.1) is 5.92 Å². The van der Waals surface area contributed by atoms with Crippen LogP contribution in [0.1, 0.15) is 52.9 Å². The molecule has 1 saturated heterocycles. The molecule has 2 atom stereocenters. The summed E-state index contributed by atoms with van der Waals surface area (Å²) < 4.78 is 0. The van der Waals surface area contributed by atoms with Gasteiger partial charge in [0.1, 0.15) is 0 Å². The van der Waals surface area contributed by atoms with Crippen molar-refractivity contribution in [3.63, 3.8) is 0 Å². The van der Waals surface area contributed by atoms with E-state index >= 15 is 0 Å². The summed E-state index contributed by atoms with van der Waals surface area (Å²) in [7, 11) is 2.02. The van der Waals surface area contributed by atoms with Gasteiger partial charge >= 0.3 is 0 Å². The summed E-state index contributed by atoms with van der Waals surface area (Å²) in [5.74, 6) is 0.794. The van der Waals surface area contributed by atoms with Gasteiger partial charge in [-0.2, -0.15) is 0 Å². The molecule has 20 heavy (non-hydrogen) atoms. The van der Waals surface area contributed by atoms with E-state index < -0.39 is 0 Å². The van der Waals surface area contributed by atoms with Crippen LogP contribution in [0.2, 0.25) is 0 Å². The van der Waals surface area contributed by atoms with Crippen molar-refractivity contribution < 1.29 is 4.79 Å². The predicted octanol–water partition coefficient (Wildman–Crippen LogP) is 2.08. The van der Waals surface area contributed by atoms with E-state index in [9.17, 15) is 4.79 Å². The fourth-order valence-corrected chi connectivity index (χ4v) is 2.86. The van der Waals surface area contributed by atoms with E-state index in [1.165, 1.54) is 12.8 Å². The van der Waals surface area contributed by atoms with Gasteiger partial charge in [0.2, 0.25) is 5.91 Å². The number of rotatable bonds is 7. The Morgan fingerprint density at radius 3 is 2.70 bits per heavy atom. The Labute approximate surface area is 124 Å². The highest BCUT2D eigenvalue weighted by molar-refractivity contribution is 5.78. The molecule has 1 aliphatic rings. The number of hydrogen-bond donors (Lipinski definition) is 1. The molecule has 1 rings (SSSR count). The van der Waals surface area contributed by atoms with Crippen LogP contribution in [0.3, 0.4) is 0 Å². The highest BCUT2D eigenvalue weighted by Crippen LogP contribution is 2.19. The Morgan fingerprint density at radius 2 is 2.10 bits per heavy atom. The van der Waals surface area contributed by atoms with Crippen LogP contribution in [-0.2, 0) is 4.79 Å². The first kappa shape index (κ1) is 17.4. The molecule has 0 bridgehead atoms. The van der Waals surface area contributed by atoms with Gasteiger partial charge in [0.05, 0.1) is 6.54 Å². The molecule has 0 spiro atoms. The number of piperidine rings is 1. The van der Waals surface area contributed by atoms with Crippen molar-refractivity contribution in [2.75, 3.05) is 26.7 Å². The summed E-state index contributed by atoms with van der Waals surface area (Å²) in [4.78, 5) is 16.6. The van der Waals surface area contributed by atoms with Crippen LogP contribution in [0.5, 0.6) is 0 Å². The lowest BCUT2D eigenvalue weighted by Crippen LogP contribution is -2.47. The number of carbonyl (C=O) groups excluding carboxylic acids is 1. The lowest BCUT2D eigenvalue weighted by Gasteiger charge is -2.36. The monoisotopic (exact) mass is 283 g/mol. The van der Waals surface area contributed by atoms with Gasteiger partial charge in [0, 0.05) is 18.6 Å². The summed E-state index contributed by atoms with van der Waals surface area (Å²) in [5.41, 5.74) is 6.06. The predicted molar refractivity (Wildman–Crippen MR) is 84.6 cm³/mol. The first-order chi connectivity index (χ1) is 9.45. The van der Waals surface area contributed by atoms with E-state index in [0.717, 1.165) is 32.4 Å². The van der Waals surface area contributed by atoms with Gasteiger partial charge < -0.3 is 10.6 Å². The molecule has 2 N–H and O–H groups in total. The van der Waals surface area contributed by atoms with Gasteiger partial charge in [-0.15, -0.1) is 0 Å². The van der Waals surface area contributed by atoms with Gasteiger partial charge in [-0.25, -0.2) is 0 Å². The number of nitrogens with zero attached hydrogens (tertiary/aromatic N) is 2. The number of hydrogen-bond acceptors (Lipinski definition) is 3. The van der Waals surface area contributed by atoms with Crippen molar-refractivity contribution in [2.24, 2.45) is 11.7 Å². The van der Waals surface area contributed by atoms with E-state index in [0.29, 0.717) is 18.5 Å². The van der Waals surface area contributed by atoms with Gasteiger partial charge in [0.15, 0.2) is 0 Å². The Morgan fingerprint density at radius 1 is 1.40 bits per heavy atom. The fraction of sp³-hybridized carbons (Fsp3) is 0.938. The lowest BCUT2D eigenvalue weighted by atomic mass is 10.00. The number of carbonyl (C=O) groups is 1. The van der Waals surface area contributed by atoms with Crippen LogP contribution in [0.25, 0.3) is 0 Å². The van der Waals surface area contributed by atoms with Crippen molar-refractivity contribution in [3.05, 3.63) is 0 Å². The average molecular weight is 283 g/mol. The molecule has 0 radical (unpaired) electrons. The van der Waals surface area contributed by atoms with Crippen LogP contribution < -0.4 is 5.73 Å². The van der Waals surface area contributed by atoms with Crippen molar-refractivity contribution in [3.8, 4) is 0 Å². The minimum atomic E-state index is 0.228. The Balaban J connectivity index is 2.36. The van der Waals surface area contributed by atoms with Gasteiger partial charge in [-0.3, -0.25) is 9.69 Å². The fourth-order valence-electron chi connectivity index (χ4n) is 2.86. The maximum Gasteiger partial charge on any atom is 0.236 e. The molecular weight excluding hydrogens is 250 g/mol. The molecule has 0 aromatic heterocycles. The normalized spacial score (nSPS) is 21.6. The largest absolute Gasteiger partial charge is 0.339 e. The van der Waals surface area contributed by atoms with Crippen molar-refractivity contribution in [1.29, 1.82) is 0 Å². The number of nitrogens with two attached hydrogens (primary N) is 1. The zero-order valence-electron chi connectivity index (χ0n) is 13.8. The van der Waals surface area contributed by atoms with Gasteiger partial charge in [0.25, 0.3) is 0 Å². The molecule has 0 aliphatic carbocycles. The van der Waals surface area contributed by atoms with E-state index in [2.05, 4.69) is 30.6 Å². The Kier molecular flexibility index (Phi) is 7.52. The molecule has 4 heteroatoms. The molecule has 0 aromatic rings. The first-order valence-electron chi connectivity index (χ1n) is 8.19. The summed E-state index contributed by atoms with van der Waals surface area (Å²) in [6, 6.07) is 0.688. The van der Waals surface area contributed by atoms with Gasteiger partial charge in [-0.1, -0.05) is 20.8 Å². The molecule has 118 valence electrons. The Bertz CT molecular complexity index is 293. The van der Waals surface area contributed by atoms with E-state index in [-0.39, 0.29) is 11.9 Å². The quantitative estimate of drug-likeness (QED) is 0.778. The molecular formula is C16H33N3O. The SMILES string of the molecule is CCC1CCCCN1C(=O)CN(C)CCC(N)C(C)C. The highest BCUT2D eigenvalue weighted by atomic mass is 16.2. The first-order valence-corrected chi connectivity index (χ1v) is 8.19. The van der Waals surface area contributed by atoms with Gasteiger partial charge in [-0.05, 0) is 51.6 Å². The van der Waals surface area contributed by atoms with Crippen LogP contribution in [0.4, 0.5) is 0 Å². The molecule has 1 heterocycles. The maximum absolute atomic E-state index is 12.4. The maximum atomic E-state index is 12.4. The highest BCUT2D eigenvalue weighted by Gasteiger charge is 2.25. The number of likely N-dealkylation sites (N-methyl/N-ethyl adjacent to an activating group) is 1. The average Bonchev–Trinajstić information content (AvgIpc) is 2.44. The third-order valence-electron chi connectivity index (χ3n) is 4.52. The topological polar surface area (TPSA) is 49.6 Å². The number of likely N-dealkylation sites (tertiary alicyclic amines) is 1. The van der Waals surface area contributed by atoms with Crippen molar-refractivity contribution in [2.45, 2.75) is 65.0 Å². The Hall–Kier alpha value is -0.610. The van der Waals surface area contributed by atoms with Crippen LogP contribution in [0.15, 0.2) is 0 Å². The number of amides is 1. The van der Waals surface area contributed by atoms with E-state index in [1.54, 1.807) is 0 Å². The minimum absolute atomic E-state index is 0.228. The molecule has 4 nitrogen and oxygen atoms in total. The van der Waals surface area contributed by atoms with Crippen molar-refractivity contribution in [1.82, 2.24) is 9.80 Å². The molecule has 2 unspecified atom stereocenters. The minimum Gasteiger partial charge on any atom is -0.339 e. The molecule has 0 aromatic carbocycles. The summed E-state index contributed by atoms with van der Waals surface area (Å²) in [6.07, 6.45) is 5.63. The van der Waals surface area contributed by atoms with E-state index in [4.69, 9.17) is 5.73 Å². The third-order valence-corrected chi connectivity index (χ3v) is 4.52. The zero-order chi connectivity index (χ0) is 15.1. The zero-order valence-corrected chi connectivity index (χ0v) is 13.8. The summed E-state index contributed by atoms with van der Waals surface area (Å²) in [6.45, 7) is 8.85. The second-order valence-corrected chi connectivity index (χ2v) is 6.58. The third kappa shape index (κ3) is 5.41. The molecule has 1 aliphatic heterocycles. The summed E-state index contributed by atoms with van der Waals surface area (Å²) in [5, 5.41) is 0. The smallest absolute Gasteiger partial charge is 0.236 e. The second kappa shape index (κ2) is 8.63. The van der Waals surface area contributed by atoms with Crippen LogP contribution in [-0.4, -0.2) is 54.5 Å².